The molecule has 0 spiro atoms. The van der Waals surface area contributed by atoms with Crippen LogP contribution >= 0.6 is 0 Å². The number of anilines is 1. The van der Waals surface area contributed by atoms with Crippen LogP contribution in [-0.2, 0) is 18.0 Å². The summed E-state index contributed by atoms with van der Waals surface area (Å²) in [5.41, 5.74) is 4.87. The molecule has 0 radical (unpaired) electrons. The van der Waals surface area contributed by atoms with Crippen molar-refractivity contribution in [2.24, 2.45) is 0 Å². The highest BCUT2D eigenvalue weighted by Gasteiger charge is 2.27. The summed E-state index contributed by atoms with van der Waals surface area (Å²) in [6, 6.07) is 23.6. The van der Waals surface area contributed by atoms with Gasteiger partial charge in [-0.15, -0.1) is 0 Å². The number of ether oxygens (including phenoxy) is 2. The molecule has 1 fully saturated rings. The Balaban J connectivity index is 1.16. The molecule has 7 heteroatoms. The minimum Gasteiger partial charge on any atom is -0.497 e. The molecule has 5 rings (SSSR count). The largest absolute Gasteiger partial charge is 0.497 e. The summed E-state index contributed by atoms with van der Waals surface area (Å²) in [7, 11) is 1.65. The molecule has 1 unspecified atom stereocenters. The first-order valence-corrected chi connectivity index (χ1v) is 12.0. The molecule has 0 saturated carbocycles. The molecular weight excluding hydrogens is 440 g/mol. The number of rotatable bonds is 7. The fraction of sp³-hybridized carbons (Fsp3) is 0.286. The number of nitrogens with zero attached hydrogens (tertiary/aromatic N) is 2. The van der Waals surface area contributed by atoms with Crippen LogP contribution in [0.1, 0.15) is 35.7 Å². The summed E-state index contributed by atoms with van der Waals surface area (Å²) in [4.78, 5) is 23.1. The molecule has 0 aliphatic carbocycles. The number of methoxy groups -OCH3 is 1. The van der Waals surface area contributed by atoms with Gasteiger partial charge in [0.05, 0.1) is 31.4 Å². The molecule has 3 aromatic carbocycles. The van der Waals surface area contributed by atoms with Crippen LogP contribution in [-0.4, -0.2) is 41.1 Å². The van der Waals surface area contributed by atoms with Crippen molar-refractivity contribution in [1.29, 1.82) is 0 Å². The van der Waals surface area contributed by atoms with Gasteiger partial charge < -0.3 is 24.7 Å². The first kappa shape index (κ1) is 22.9. The number of piperidine rings is 1. The average molecular weight is 471 g/mol. The van der Waals surface area contributed by atoms with Gasteiger partial charge in [0.15, 0.2) is 0 Å². The molecule has 35 heavy (non-hydrogen) atoms. The predicted octanol–water partition coefficient (Wildman–Crippen LogP) is 5.70. The molecule has 4 aromatic rings. The highest BCUT2D eigenvalue weighted by atomic mass is 16.5. The van der Waals surface area contributed by atoms with Crippen LogP contribution < -0.4 is 10.1 Å². The standard InChI is InChI=1S/C28H30N4O3/c1-34-24-13-11-20(12-14-24)18-35-19-21-6-4-8-23(16-21)29-28(33)32-15-5-7-22(17-32)27-30-25-9-2-3-10-26(25)31-27/h2-4,6,8-14,16,22H,5,7,15,17-19H2,1H3,(H,29,33)(H,30,31). The van der Waals surface area contributed by atoms with Gasteiger partial charge in [0.25, 0.3) is 0 Å². The number of aromatic nitrogens is 2. The number of para-hydroxylation sites is 2. The second-order valence-electron chi connectivity index (χ2n) is 8.90. The van der Waals surface area contributed by atoms with Gasteiger partial charge in [-0.05, 0) is 60.4 Å². The maximum atomic E-state index is 13.0. The van der Waals surface area contributed by atoms with E-state index < -0.39 is 0 Å². The van der Waals surface area contributed by atoms with E-state index in [9.17, 15) is 4.79 Å². The van der Waals surface area contributed by atoms with Crippen molar-refractivity contribution in [1.82, 2.24) is 14.9 Å². The first-order valence-electron chi connectivity index (χ1n) is 12.0. The average Bonchev–Trinajstić information content (AvgIpc) is 3.34. The van der Waals surface area contributed by atoms with Crippen molar-refractivity contribution < 1.29 is 14.3 Å². The lowest BCUT2D eigenvalue weighted by molar-refractivity contribution is 0.107. The van der Waals surface area contributed by atoms with Gasteiger partial charge in [-0.2, -0.15) is 0 Å². The molecule has 1 saturated heterocycles. The van der Waals surface area contributed by atoms with Gasteiger partial charge in [-0.3, -0.25) is 0 Å². The van der Waals surface area contributed by atoms with Crippen LogP contribution in [0.2, 0.25) is 0 Å². The number of urea groups is 1. The number of aromatic amines is 1. The van der Waals surface area contributed by atoms with Gasteiger partial charge >= 0.3 is 6.03 Å². The Bertz CT molecular complexity index is 1250. The Labute approximate surface area is 205 Å². The second kappa shape index (κ2) is 10.6. The maximum Gasteiger partial charge on any atom is 0.321 e. The van der Waals surface area contributed by atoms with Crippen LogP contribution in [0.4, 0.5) is 10.5 Å². The van der Waals surface area contributed by atoms with Gasteiger partial charge in [-0.1, -0.05) is 36.4 Å². The third kappa shape index (κ3) is 5.63. The monoisotopic (exact) mass is 470 g/mol. The molecule has 7 nitrogen and oxygen atoms in total. The molecule has 1 aliphatic heterocycles. The van der Waals surface area contributed by atoms with E-state index in [4.69, 9.17) is 14.5 Å². The van der Waals surface area contributed by atoms with Crippen molar-refractivity contribution in [3.05, 3.63) is 89.7 Å². The fourth-order valence-corrected chi connectivity index (χ4v) is 4.50. The number of carbonyl (C=O) groups excluding carboxylic acids is 1. The van der Waals surface area contributed by atoms with Crippen LogP contribution in [0.25, 0.3) is 11.0 Å². The fourth-order valence-electron chi connectivity index (χ4n) is 4.50. The minimum atomic E-state index is -0.0814. The van der Waals surface area contributed by atoms with E-state index in [1.807, 2.05) is 77.7 Å². The third-order valence-electron chi connectivity index (χ3n) is 6.38. The topological polar surface area (TPSA) is 79.5 Å². The van der Waals surface area contributed by atoms with Crippen LogP contribution in [0.5, 0.6) is 5.75 Å². The highest BCUT2D eigenvalue weighted by Crippen LogP contribution is 2.27. The molecule has 180 valence electrons. The number of likely N-dealkylation sites (tertiary alicyclic amines) is 1. The van der Waals surface area contributed by atoms with Crippen LogP contribution in [0, 0.1) is 0 Å². The van der Waals surface area contributed by atoms with Gasteiger partial charge in [-0.25, -0.2) is 9.78 Å². The van der Waals surface area contributed by atoms with Crippen molar-refractivity contribution >= 4 is 22.8 Å². The number of amides is 2. The third-order valence-corrected chi connectivity index (χ3v) is 6.38. The lowest BCUT2D eigenvalue weighted by atomic mass is 9.97. The second-order valence-corrected chi connectivity index (χ2v) is 8.90. The zero-order valence-electron chi connectivity index (χ0n) is 19.9. The van der Waals surface area contributed by atoms with Crippen LogP contribution in [0.15, 0.2) is 72.8 Å². The van der Waals surface area contributed by atoms with Gasteiger partial charge in [0.1, 0.15) is 11.6 Å². The number of benzene rings is 3. The van der Waals surface area contributed by atoms with Gasteiger partial charge in [0, 0.05) is 24.7 Å². The zero-order valence-corrected chi connectivity index (χ0v) is 19.9. The van der Waals surface area contributed by atoms with E-state index >= 15 is 0 Å². The minimum absolute atomic E-state index is 0.0814. The van der Waals surface area contributed by atoms with Crippen molar-refractivity contribution in [2.75, 3.05) is 25.5 Å². The highest BCUT2D eigenvalue weighted by molar-refractivity contribution is 5.89. The summed E-state index contributed by atoms with van der Waals surface area (Å²) in [5.74, 6) is 1.99. The Kier molecular flexibility index (Phi) is 6.95. The molecule has 2 N–H and O–H groups in total. The normalized spacial score (nSPS) is 15.8. The molecule has 1 aromatic heterocycles. The summed E-state index contributed by atoms with van der Waals surface area (Å²) < 4.78 is 11.1. The Morgan fingerprint density at radius 1 is 1.06 bits per heavy atom. The summed E-state index contributed by atoms with van der Waals surface area (Å²) in [5, 5.41) is 3.06. The quantitative estimate of drug-likeness (QED) is 0.363. The van der Waals surface area contributed by atoms with E-state index in [-0.39, 0.29) is 11.9 Å². The number of imidazole rings is 1. The van der Waals surface area contributed by atoms with E-state index in [1.165, 1.54) is 0 Å². The summed E-state index contributed by atoms with van der Waals surface area (Å²) in [6.07, 6.45) is 1.97. The van der Waals surface area contributed by atoms with Crippen molar-refractivity contribution in [3.63, 3.8) is 0 Å². The number of carbonyl (C=O) groups is 1. The van der Waals surface area contributed by atoms with E-state index in [1.54, 1.807) is 7.11 Å². The maximum absolute atomic E-state index is 13.0. The Morgan fingerprint density at radius 3 is 2.71 bits per heavy atom. The van der Waals surface area contributed by atoms with E-state index in [0.29, 0.717) is 19.8 Å². The number of nitrogens with one attached hydrogen (secondary N) is 2. The Hall–Kier alpha value is -3.84. The molecule has 0 bridgehead atoms. The lowest BCUT2D eigenvalue weighted by Gasteiger charge is -2.31. The molecular formula is C28H30N4O3. The van der Waals surface area contributed by atoms with Crippen LogP contribution in [0.3, 0.4) is 0 Å². The Morgan fingerprint density at radius 2 is 1.89 bits per heavy atom. The summed E-state index contributed by atoms with van der Waals surface area (Å²) >= 11 is 0. The molecule has 1 aliphatic rings. The number of hydrogen-bond acceptors (Lipinski definition) is 4. The summed E-state index contributed by atoms with van der Waals surface area (Å²) in [6.45, 7) is 2.37. The number of H-pyrrole nitrogens is 1. The first-order chi connectivity index (χ1) is 17.2. The molecule has 2 amide bonds. The van der Waals surface area contributed by atoms with Crippen molar-refractivity contribution in [2.45, 2.75) is 32.0 Å². The number of hydrogen-bond donors (Lipinski definition) is 2. The van der Waals surface area contributed by atoms with E-state index in [2.05, 4.69) is 10.3 Å². The van der Waals surface area contributed by atoms with Gasteiger partial charge in [0.2, 0.25) is 0 Å². The zero-order chi connectivity index (χ0) is 24.0. The smallest absolute Gasteiger partial charge is 0.321 e. The lowest BCUT2D eigenvalue weighted by Crippen LogP contribution is -2.41. The predicted molar refractivity (Wildman–Crippen MR) is 137 cm³/mol. The molecule has 2 heterocycles. The number of fused-ring (bicyclic) bond motifs is 1. The van der Waals surface area contributed by atoms with Crippen molar-refractivity contribution in [3.8, 4) is 5.75 Å². The van der Waals surface area contributed by atoms with E-state index in [0.717, 1.165) is 58.8 Å². The SMILES string of the molecule is COc1ccc(COCc2cccc(NC(=O)N3CCCC(c4nc5ccccc5[nH]4)C3)c2)cc1. The molecule has 1 atom stereocenters.